The lowest BCUT2D eigenvalue weighted by Crippen LogP contribution is -2.39. The third-order valence-electron chi connectivity index (χ3n) is 7.71. The van der Waals surface area contributed by atoms with Gasteiger partial charge in [-0.25, -0.2) is 27.2 Å². The summed E-state index contributed by atoms with van der Waals surface area (Å²) in [4.78, 5) is 35.7. The standard InChI is InChI=1S/C30H29N5O6S/c1-20(29(36)37)27-32-25-18-31-28-24(14-17-34(28)42(39,40)23-10-6-3-7-11-23)26(25)35(27)22-12-15-33(16-13-22)30(38)41-19-21-8-4-2-5-9-21/h2-11,14,17-18,20,22H,12-13,15-16,19H2,1H3,(H,36,37). The number of hydrogen-bond donors (Lipinski definition) is 1. The molecule has 1 unspecified atom stereocenters. The van der Waals surface area contributed by atoms with Gasteiger partial charge in [0, 0.05) is 30.7 Å². The maximum Gasteiger partial charge on any atom is 0.410 e. The topological polar surface area (TPSA) is 137 Å². The van der Waals surface area contributed by atoms with E-state index >= 15 is 0 Å². The van der Waals surface area contributed by atoms with Crippen molar-refractivity contribution in [2.75, 3.05) is 13.1 Å². The van der Waals surface area contributed by atoms with Gasteiger partial charge in [-0.15, -0.1) is 0 Å². The highest BCUT2D eigenvalue weighted by atomic mass is 32.2. The second-order valence-electron chi connectivity index (χ2n) is 10.3. The molecule has 3 aromatic heterocycles. The predicted octanol–water partition coefficient (Wildman–Crippen LogP) is 4.78. The average Bonchev–Trinajstić information content (AvgIpc) is 3.63. The predicted molar refractivity (Wildman–Crippen MR) is 155 cm³/mol. The largest absolute Gasteiger partial charge is 0.481 e. The van der Waals surface area contributed by atoms with E-state index in [0.717, 1.165) is 9.54 Å². The number of aromatic nitrogens is 4. The normalized spacial score (nSPS) is 15.2. The Kier molecular flexibility index (Phi) is 7.15. The zero-order chi connectivity index (χ0) is 29.4. The third-order valence-corrected chi connectivity index (χ3v) is 9.39. The highest BCUT2D eigenvalue weighted by Crippen LogP contribution is 2.36. The van der Waals surface area contributed by atoms with E-state index in [9.17, 15) is 23.1 Å². The molecule has 2 aromatic carbocycles. The van der Waals surface area contributed by atoms with Crippen LogP contribution in [-0.2, 0) is 26.2 Å². The van der Waals surface area contributed by atoms with Gasteiger partial charge in [0.2, 0.25) is 0 Å². The maximum absolute atomic E-state index is 13.5. The molecule has 0 aliphatic carbocycles. The van der Waals surface area contributed by atoms with Crippen molar-refractivity contribution in [1.82, 2.24) is 23.4 Å². The van der Waals surface area contributed by atoms with Gasteiger partial charge in [-0.2, -0.15) is 0 Å². The highest BCUT2D eigenvalue weighted by molar-refractivity contribution is 7.90. The van der Waals surface area contributed by atoms with E-state index in [1.165, 1.54) is 24.5 Å². The summed E-state index contributed by atoms with van der Waals surface area (Å²) in [7, 11) is -3.92. The molecular formula is C30H29N5O6S. The highest BCUT2D eigenvalue weighted by Gasteiger charge is 2.32. The van der Waals surface area contributed by atoms with Crippen molar-refractivity contribution in [2.24, 2.45) is 0 Å². The first-order chi connectivity index (χ1) is 20.3. The van der Waals surface area contributed by atoms with Crippen LogP contribution in [0.4, 0.5) is 4.79 Å². The Morgan fingerprint density at radius 3 is 2.36 bits per heavy atom. The molecule has 1 aliphatic heterocycles. The SMILES string of the molecule is CC(C(=O)O)c1nc2cnc3c(ccn3S(=O)(=O)c3ccccc3)c2n1C1CCN(C(=O)OCc2ccccc2)CC1. The third kappa shape index (κ3) is 4.87. The maximum atomic E-state index is 13.5. The van der Waals surface area contributed by atoms with Gasteiger partial charge < -0.3 is 19.3 Å². The molecular weight excluding hydrogens is 558 g/mol. The monoisotopic (exact) mass is 587 g/mol. The number of likely N-dealkylation sites (tertiary alicyclic amines) is 1. The van der Waals surface area contributed by atoms with E-state index < -0.39 is 28.0 Å². The van der Waals surface area contributed by atoms with Crippen LogP contribution in [0, 0.1) is 0 Å². The number of hydrogen-bond acceptors (Lipinski definition) is 7. The van der Waals surface area contributed by atoms with E-state index in [1.54, 1.807) is 36.1 Å². The van der Waals surface area contributed by atoms with Crippen LogP contribution in [0.1, 0.15) is 43.1 Å². The lowest BCUT2D eigenvalue weighted by Gasteiger charge is -2.33. The quantitative estimate of drug-likeness (QED) is 0.287. The van der Waals surface area contributed by atoms with E-state index in [1.807, 2.05) is 34.9 Å². The molecule has 216 valence electrons. The van der Waals surface area contributed by atoms with Crippen molar-refractivity contribution < 1.29 is 27.9 Å². The lowest BCUT2D eigenvalue weighted by molar-refractivity contribution is -0.138. The fourth-order valence-corrected chi connectivity index (χ4v) is 6.79. The molecule has 11 nitrogen and oxygen atoms in total. The number of nitrogens with zero attached hydrogens (tertiary/aromatic N) is 5. The molecule has 4 heterocycles. The van der Waals surface area contributed by atoms with Crippen molar-refractivity contribution in [3.63, 3.8) is 0 Å². The van der Waals surface area contributed by atoms with Gasteiger partial charge in [0.15, 0.2) is 5.65 Å². The Bertz CT molecular complexity index is 1880. The zero-order valence-corrected chi connectivity index (χ0v) is 23.6. The number of pyridine rings is 1. The molecule has 1 N–H and O–H groups in total. The van der Waals surface area contributed by atoms with Gasteiger partial charge >= 0.3 is 12.1 Å². The number of aliphatic carboxylic acids is 1. The molecule has 1 amide bonds. The van der Waals surface area contributed by atoms with E-state index in [-0.39, 0.29) is 23.2 Å². The van der Waals surface area contributed by atoms with Gasteiger partial charge in [0.1, 0.15) is 23.9 Å². The first kappa shape index (κ1) is 27.5. The molecule has 12 heteroatoms. The lowest BCUT2D eigenvalue weighted by atomic mass is 10.0. The van der Waals surface area contributed by atoms with Crippen molar-refractivity contribution in [2.45, 2.75) is 43.2 Å². The summed E-state index contributed by atoms with van der Waals surface area (Å²) in [5.41, 5.74) is 2.22. The molecule has 1 aliphatic rings. The fraction of sp³-hybridized carbons (Fsp3) is 0.267. The van der Waals surface area contributed by atoms with Gasteiger partial charge in [0.05, 0.1) is 16.6 Å². The minimum Gasteiger partial charge on any atom is -0.481 e. The summed E-state index contributed by atoms with van der Waals surface area (Å²) in [5, 5.41) is 10.4. The number of carboxylic acids is 1. The van der Waals surface area contributed by atoms with Crippen molar-refractivity contribution in [1.29, 1.82) is 0 Å². The number of carbonyl (C=O) groups is 2. The van der Waals surface area contributed by atoms with Crippen molar-refractivity contribution in [3.05, 3.63) is 90.5 Å². The summed E-state index contributed by atoms with van der Waals surface area (Å²) in [6, 6.07) is 19.1. The van der Waals surface area contributed by atoms with Gasteiger partial charge in [0.25, 0.3) is 10.0 Å². The van der Waals surface area contributed by atoms with Crippen molar-refractivity contribution in [3.8, 4) is 0 Å². The minimum absolute atomic E-state index is 0.129. The number of amides is 1. The summed E-state index contributed by atoms with van der Waals surface area (Å²) < 4.78 is 35.5. The van der Waals surface area contributed by atoms with Crippen LogP contribution >= 0.6 is 0 Å². The number of rotatable bonds is 7. The van der Waals surface area contributed by atoms with Crippen LogP contribution in [-0.4, -0.2) is 62.1 Å². The number of fused-ring (bicyclic) bond motifs is 3. The average molecular weight is 588 g/mol. The zero-order valence-electron chi connectivity index (χ0n) is 22.8. The smallest absolute Gasteiger partial charge is 0.410 e. The summed E-state index contributed by atoms with van der Waals surface area (Å²) in [5.74, 6) is -1.59. The van der Waals surface area contributed by atoms with Gasteiger partial charge in [-0.1, -0.05) is 48.5 Å². The number of piperidine rings is 1. The van der Waals surface area contributed by atoms with Gasteiger partial charge in [-0.3, -0.25) is 4.79 Å². The molecule has 1 fully saturated rings. The summed E-state index contributed by atoms with van der Waals surface area (Å²) in [6.07, 6.45) is 3.62. The molecule has 0 radical (unpaired) electrons. The van der Waals surface area contributed by atoms with E-state index in [4.69, 9.17) is 4.74 Å². The Morgan fingerprint density at radius 2 is 1.69 bits per heavy atom. The second kappa shape index (κ2) is 10.9. The Balaban J connectivity index is 1.34. The first-order valence-corrected chi connectivity index (χ1v) is 15.1. The van der Waals surface area contributed by atoms with E-state index in [2.05, 4.69) is 9.97 Å². The molecule has 5 aromatic rings. The molecule has 1 saturated heterocycles. The van der Waals surface area contributed by atoms with Crippen LogP contribution in [0.15, 0.2) is 84.0 Å². The summed E-state index contributed by atoms with van der Waals surface area (Å²) in [6.45, 7) is 2.58. The first-order valence-electron chi connectivity index (χ1n) is 13.6. The molecule has 1 atom stereocenters. The number of carboxylic acid groups (broad SMARTS) is 1. The minimum atomic E-state index is -3.92. The Hall–Kier alpha value is -4.71. The second-order valence-corrected chi connectivity index (χ2v) is 12.1. The van der Waals surface area contributed by atoms with Crippen LogP contribution in [0.25, 0.3) is 22.1 Å². The Labute approximate surface area is 242 Å². The van der Waals surface area contributed by atoms with Crippen LogP contribution < -0.4 is 0 Å². The molecule has 6 rings (SSSR count). The fourth-order valence-electron chi connectivity index (χ4n) is 5.47. The Morgan fingerprint density at radius 1 is 1.02 bits per heavy atom. The summed E-state index contributed by atoms with van der Waals surface area (Å²) >= 11 is 0. The number of carbonyl (C=O) groups excluding carboxylic acids is 1. The number of benzene rings is 2. The molecule has 0 saturated carbocycles. The van der Waals surface area contributed by atoms with E-state index in [0.29, 0.717) is 48.2 Å². The molecule has 0 bridgehead atoms. The van der Waals surface area contributed by atoms with Gasteiger partial charge in [-0.05, 0) is 43.5 Å². The number of imidazole rings is 1. The molecule has 42 heavy (non-hydrogen) atoms. The van der Waals surface area contributed by atoms with Crippen LogP contribution in [0.2, 0.25) is 0 Å². The van der Waals surface area contributed by atoms with Crippen molar-refractivity contribution >= 4 is 44.2 Å². The number of ether oxygens (including phenoxy) is 1. The molecule has 0 spiro atoms. The van der Waals surface area contributed by atoms with Crippen LogP contribution in [0.3, 0.4) is 0 Å². The van der Waals surface area contributed by atoms with Crippen LogP contribution in [0.5, 0.6) is 0 Å².